The topological polar surface area (TPSA) is 78.3 Å². The van der Waals surface area contributed by atoms with E-state index < -0.39 is 0 Å². The molecule has 0 aliphatic heterocycles. The Morgan fingerprint density at radius 1 is 1.14 bits per heavy atom. The first-order valence-corrected chi connectivity index (χ1v) is 9.03. The van der Waals surface area contributed by atoms with Gasteiger partial charge in [0.15, 0.2) is 0 Å². The van der Waals surface area contributed by atoms with Gasteiger partial charge < -0.3 is 14.8 Å². The second kappa shape index (κ2) is 8.31. The fourth-order valence-electron chi connectivity index (χ4n) is 2.83. The van der Waals surface area contributed by atoms with Crippen LogP contribution in [0.15, 0.2) is 42.5 Å². The molecular weight excluding hydrogens is 380 g/mol. The van der Waals surface area contributed by atoms with E-state index in [9.17, 15) is 4.79 Å². The molecule has 0 unspecified atom stereocenters. The summed E-state index contributed by atoms with van der Waals surface area (Å²) in [4.78, 5) is 17.0. The molecule has 7 nitrogen and oxygen atoms in total. The minimum absolute atomic E-state index is 0.0844. The number of aryl methyl sites for hydroxylation is 1. The van der Waals surface area contributed by atoms with Gasteiger partial charge in [0.1, 0.15) is 17.3 Å². The lowest BCUT2D eigenvalue weighted by Crippen LogP contribution is -2.28. The van der Waals surface area contributed by atoms with Crippen LogP contribution in [-0.4, -0.2) is 34.9 Å². The van der Waals surface area contributed by atoms with Crippen molar-refractivity contribution in [2.75, 3.05) is 14.2 Å². The molecular formula is C20H21ClN4O3. The summed E-state index contributed by atoms with van der Waals surface area (Å²) < 4.78 is 12.3. The molecule has 28 heavy (non-hydrogen) atoms. The average molecular weight is 401 g/mol. The van der Waals surface area contributed by atoms with Crippen molar-refractivity contribution in [2.24, 2.45) is 0 Å². The minimum Gasteiger partial charge on any atom is -0.497 e. The summed E-state index contributed by atoms with van der Waals surface area (Å²) in [6, 6.07) is 12.2. The molecule has 0 spiro atoms. The Balaban J connectivity index is 1.82. The van der Waals surface area contributed by atoms with Crippen molar-refractivity contribution in [1.29, 1.82) is 0 Å². The largest absolute Gasteiger partial charge is 0.497 e. The van der Waals surface area contributed by atoms with Crippen molar-refractivity contribution < 1.29 is 14.3 Å². The van der Waals surface area contributed by atoms with Gasteiger partial charge in [0.25, 0.3) is 5.91 Å². The Bertz CT molecular complexity index is 986. The molecule has 1 N–H and O–H groups in total. The first kappa shape index (κ1) is 19.7. The molecule has 0 fully saturated rings. The zero-order chi connectivity index (χ0) is 20.3. The van der Waals surface area contributed by atoms with Gasteiger partial charge in [0.05, 0.1) is 25.9 Å². The van der Waals surface area contributed by atoms with Gasteiger partial charge in [0, 0.05) is 10.6 Å². The van der Waals surface area contributed by atoms with Gasteiger partial charge in [-0.25, -0.2) is 9.67 Å². The number of halogens is 1. The molecule has 0 bridgehead atoms. The molecule has 0 aliphatic carbocycles. The van der Waals surface area contributed by atoms with Crippen molar-refractivity contribution in [3.63, 3.8) is 0 Å². The Labute approximate surface area is 168 Å². The maximum atomic E-state index is 12.7. The summed E-state index contributed by atoms with van der Waals surface area (Å²) in [5.41, 5.74) is 1.57. The maximum Gasteiger partial charge on any atom is 0.291 e. The standard InChI is InChI=1S/C20H21ClN4O3/c1-12(17-11-16(27-3)9-10-18(17)28-4)22-20(26)19-23-13(2)25(24-19)15-7-5-14(21)6-8-15/h5-12H,1-4H3,(H,22,26)/t12-/m0/s1. The SMILES string of the molecule is COc1ccc(OC)c([C@H](C)NC(=O)c2nc(C)n(-c3ccc(Cl)cc3)n2)c1. The van der Waals surface area contributed by atoms with Crippen molar-refractivity contribution >= 4 is 17.5 Å². The minimum atomic E-state index is -0.381. The molecule has 0 saturated carbocycles. The van der Waals surface area contributed by atoms with E-state index in [0.717, 1.165) is 11.3 Å². The maximum absolute atomic E-state index is 12.7. The zero-order valence-electron chi connectivity index (χ0n) is 16.1. The fraction of sp³-hybridized carbons (Fsp3) is 0.250. The lowest BCUT2D eigenvalue weighted by molar-refractivity contribution is 0.0929. The molecule has 1 amide bonds. The summed E-state index contributed by atoms with van der Waals surface area (Å²) in [5.74, 6) is 1.63. The number of methoxy groups -OCH3 is 2. The number of aromatic nitrogens is 3. The van der Waals surface area contributed by atoms with Gasteiger partial charge in [-0.2, -0.15) is 0 Å². The number of hydrogen-bond donors (Lipinski definition) is 1. The number of carbonyl (C=O) groups is 1. The predicted octanol–water partition coefficient (Wildman–Crippen LogP) is 3.74. The van der Waals surface area contributed by atoms with Crippen LogP contribution in [0.2, 0.25) is 5.02 Å². The summed E-state index contributed by atoms with van der Waals surface area (Å²) in [5, 5.41) is 7.86. The normalized spacial score (nSPS) is 11.8. The zero-order valence-corrected chi connectivity index (χ0v) is 16.8. The highest BCUT2D eigenvalue weighted by molar-refractivity contribution is 6.30. The summed E-state index contributed by atoms with van der Waals surface area (Å²) in [6.07, 6.45) is 0. The second-order valence-corrected chi connectivity index (χ2v) is 6.61. The van der Waals surface area contributed by atoms with E-state index in [0.29, 0.717) is 22.3 Å². The number of ether oxygens (including phenoxy) is 2. The third-order valence-electron chi connectivity index (χ3n) is 4.29. The van der Waals surface area contributed by atoms with Gasteiger partial charge in [-0.15, -0.1) is 5.10 Å². The molecule has 146 valence electrons. The van der Waals surface area contributed by atoms with Gasteiger partial charge >= 0.3 is 0 Å². The number of rotatable bonds is 6. The second-order valence-electron chi connectivity index (χ2n) is 6.17. The highest BCUT2D eigenvalue weighted by Crippen LogP contribution is 2.29. The van der Waals surface area contributed by atoms with Crippen LogP contribution in [0.4, 0.5) is 0 Å². The smallest absolute Gasteiger partial charge is 0.291 e. The fourth-order valence-corrected chi connectivity index (χ4v) is 2.96. The Morgan fingerprint density at radius 2 is 1.86 bits per heavy atom. The third-order valence-corrected chi connectivity index (χ3v) is 4.55. The van der Waals surface area contributed by atoms with E-state index in [1.165, 1.54) is 0 Å². The molecule has 3 rings (SSSR count). The van der Waals surface area contributed by atoms with Crippen molar-refractivity contribution in [2.45, 2.75) is 19.9 Å². The summed E-state index contributed by atoms with van der Waals surface area (Å²) in [7, 11) is 3.17. The van der Waals surface area contributed by atoms with E-state index in [1.54, 1.807) is 50.1 Å². The van der Waals surface area contributed by atoms with E-state index in [1.807, 2.05) is 25.1 Å². The third kappa shape index (κ3) is 4.09. The van der Waals surface area contributed by atoms with Crippen LogP contribution in [-0.2, 0) is 0 Å². The van der Waals surface area contributed by atoms with Crippen LogP contribution in [0.5, 0.6) is 11.5 Å². The van der Waals surface area contributed by atoms with Gasteiger partial charge in [-0.05, 0) is 56.3 Å². The van der Waals surface area contributed by atoms with Crippen LogP contribution in [0.1, 0.15) is 35.0 Å². The Morgan fingerprint density at radius 3 is 2.50 bits per heavy atom. The van der Waals surface area contributed by atoms with Crippen molar-refractivity contribution in [3.8, 4) is 17.2 Å². The molecule has 0 radical (unpaired) electrons. The number of hydrogen-bond acceptors (Lipinski definition) is 5. The highest BCUT2D eigenvalue weighted by atomic mass is 35.5. The number of carbonyl (C=O) groups excluding carboxylic acids is 1. The van der Waals surface area contributed by atoms with Crippen molar-refractivity contribution in [3.05, 3.63) is 64.7 Å². The van der Waals surface area contributed by atoms with Crippen LogP contribution in [0, 0.1) is 6.92 Å². The lowest BCUT2D eigenvalue weighted by Gasteiger charge is -2.17. The van der Waals surface area contributed by atoms with Gasteiger partial charge in [-0.1, -0.05) is 11.6 Å². The summed E-state index contributed by atoms with van der Waals surface area (Å²) in [6.45, 7) is 3.64. The highest BCUT2D eigenvalue weighted by Gasteiger charge is 2.20. The summed E-state index contributed by atoms with van der Waals surface area (Å²) >= 11 is 5.93. The molecule has 2 aromatic carbocycles. The van der Waals surface area contributed by atoms with Gasteiger partial charge in [-0.3, -0.25) is 4.79 Å². The number of amides is 1. The number of nitrogens with one attached hydrogen (secondary N) is 1. The first-order valence-electron chi connectivity index (χ1n) is 8.65. The molecule has 8 heteroatoms. The number of nitrogens with zero attached hydrogens (tertiary/aromatic N) is 3. The lowest BCUT2D eigenvalue weighted by atomic mass is 10.1. The molecule has 1 heterocycles. The average Bonchev–Trinajstić information content (AvgIpc) is 3.09. The van der Waals surface area contributed by atoms with Crippen LogP contribution >= 0.6 is 11.6 Å². The van der Waals surface area contributed by atoms with E-state index >= 15 is 0 Å². The molecule has 1 aromatic heterocycles. The van der Waals surface area contributed by atoms with Crippen LogP contribution < -0.4 is 14.8 Å². The molecule has 0 saturated heterocycles. The monoisotopic (exact) mass is 400 g/mol. The Hall–Kier alpha value is -3.06. The Kier molecular flexibility index (Phi) is 5.84. The predicted molar refractivity (Wildman–Crippen MR) is 107 cm³/mol. The van der Waals surface area contributed by atoms with Crippen LogP contribution in [0.25, 0.3) is 5.69 Å². The van der Waals surface area contributed by atoms with Crippen LogP contribution in [0.3, 0.4) is 0 Å². The van der Waals surface area contributed by atoms with E-state index in [2.05, 4.69) is 15.4 Å². The number of benzene rings is 2. The van der Waals surface area contributed by atoms with E-state index in [-0.39, 0.29) is 17.8 Å². The van der Waals surface area contributed by atoms with E-state index in [4.69, 9.17) is 21.1 Å². The van der Waals surface area contributed by atoms with Gasteiger partial charge in [0.2, 0.25) is 5.82 Å². The first-order chi connectivity index (χ1) is 13.4. The molecule has 1 atom stereocenters. The van der Waals surface area contributed by atoms with Crippen molar-refractivity contribution in [1.82, 2.24) is 20.1 Å². The molecule has 0 aliphatic rings. The molecule has 3 aromatic rings. The quantitative estimate of drug-likeness (QED) is 0.682.